The molecule has 15 heavy (non-hydrogen) atoms. The average molecular weight is 201 g/mol. The highest BCUT2D eigenvalue weighted by Crippen LogP contribution is 2.10. The molecule has 0 bridgehead atoms. The molecule has 0 spiro atoms. The number of nitrogens with zero attached hydrogens (tertiary/aromatic N) is 2. The van der Waals surface area contributed by atoms with E-state index in [0.717, 1.165) is 12.4 Å². The molecule has 0 aliphatic heterocycles. The summed E-state index contributed by atoms with van der Waals surface area (Å²) in [6.07, 6.45) is 3.76. The van der Waals surface area contributed by atoms with Crippen LogP contribution in [0.4, 0.5) is 0 Å². The normalized spacial score (nSPS) is 10.5. The lowest BCUT2D eigenvalue weighted by atomic mass is 10.1. The van der Waals surface area contributed by atoms with Gasteiger partial charge in [0.2, 0.25) is 0 Å². The van der Waals surface area contributed by atoms with E-state index < -0.39 is 0 Å². The molecule has 1 aromatic heterocycles. The summed E-state index contributed by atoms with van der Waals surface area (Å²) in [6.45, 7) is 3.45. The molecule has 0 saturated carbocycles. The van der Waals surface area contributed by atoms with E-state index in [0.29, 0.717) is 6.54 Å². The van der Waals surface area contributed by atoms with E-state index in [9.17, 15) is 0 Å². The van der Waals surface area contributed by atoms with Crippen LogP contribution in [0.15, 0.2) is 36.7 Å². The number of rotatable bonds is 3. The molecule has 2 rings (SSSR count). The van der Waals surface area contributed by atoms with Gasteiger partial charge in [-0.05, 0) is 18.1 Å². The Morgan fingerprint density at radius 1 is 1.33 bits per heavy atom. The van der Waals surface area contributed by atoms with Crippen molar-refractivity contribution in [1.82, 2.24) is 9.55 Å². The van der Waals surface area contributed by atoms with Crippen LogP contribution in [0.5, 0.6) is 0 Å². The minimum Gasteiger partial charge on any atom is -0.329 e. The smallest absolute Gasteiger partial charge is 0.122 e. The molecule has 0 radical (unpaired) electrons. The summed E-state index contributed by atoms with van der Waals surface area (Å²) >= 11 is 0. The van der Waals surface area contributed by atoms with E-state index in [1.54, 1.807) is 6.20 Å². The molecule has 0 aliphatic rings. The minimum atomic E-state index is 0.485. The van der Waals surface area contributed by atoms with Crippen LogP contribution in [-0.2, 0) is 13.1 Å². The Morgan fingerprint density at radius 3 is 2.87 bits per heavy atom. The molecule has 3 heteroatoms. The maximum Gasteiger partial charge on any atom is 0.122 e. The van der Waals surface area contributed by atoms with Crippen molar-refractivity contribution in [3.63, 3.8) is 0 Å². The molecule has 0 atom stereocenters. The third-order valence-corrected chi connectivity index (χ3v) is 2.59. The predicted octanol–water partition coefficient (Wildman–Crippen LogP) is 1.70. The second-order valence-electron chi connectivity index (χ2n) is 3.60. The SMILES string of the molecule is Cc1ccccc1Cn1ccnc1CN. The highest BCUT2D eigenvalue weighted by atomic mass is 15.1. The van der Waals surface area contributed by atoms with Gasteiger partial charge in [-0.25, -0.2) is 4.98 Å². The zero-order valence-electron chi connectivity index (χ0n) is 8.85. The standard InChI is InChI=1S/C12H15N3/c1-10-4-2-3-5-11(10)9-15-7-6-14-12(15)8-13/h2-7H,8-9,13H2,1H3. The molecular weight excluding hydrogens is 186 g/mol. The van der Waals surface area contributed by atoms with E-state index in [1.165, 1.54) is 11.1 Å². The summed E-state index contributed by atoms with van der Waals surface area (Å²) in [6, 6.07) is 8.36. The number of aromatic nitrogens is 2. The molecule has 3 nitrogen and oxygen atoms in total. The van der Waals surface area contributed by atoms with Crippen molar-refractivity contribution in [3.05, 3.63) is 53.6 Å². The van der Waals surface area contributed by atoms with Gasteiger partial charge in [-0.1, -0.05) is 24.3 Å². The molecule has 0 saturated heterocycles. The number of imidazole rings is 1. The van der Waals surface area contributed by atoms with Crippen LogP contribution < -0.4 is 5.73 Å². The Bertz CT molecular complexity index is 446. The van der Waals surface area contributed by atoms with E-state index in [2.05, 4.69) is 40.7 Å². The predicted molar refractivity (Wildman–Crippen MR) is 60.4 cm³/mol. The van der Waals surface area contributed by atoms with Crippen molar-refractivity contribution in [2.45, 2.75) is 20.0 Å². The summed E-state index contributed by atoms with van der Waals surface area (Å²) in [4.78, 5) is 4.20. The molecule has 2 aromatic rings. The van der Waals surface area contributed by atoms with Crippen LogP contribution in [0.3, 0.4) is 0 Å². The van der Waals surface area contributed by atoms with Crippen molar-refractivity contribution in [1.29, 1.82) is 0 Å². The first-order valence-corrected chi connectivity index (χ1v) is 5.06. The Labute approximate surface area is 89.6 Å². The summed E-state index contributed by atoms with van der Waals surface area (Å²) < 4.78 is 2.09. The van der Waals surface area contributed by atoms with Crippen LogP contribution >= 0.6 is 0 Å². The first-order valence-electron chi connectivity index (χ1n) is 5.06. The van der Waals surface area contributed by atoms with Crippen LogP contribution in [0.1, 0.15) is 17.0 Å². The van der Waals surface area contributed by atoms with E-state index in [4.69, 9.17) is 5.73 Å². The van der Waals surface area contributed by atoms with E-state index in [-0.39, 0.29) is 0 Å². The van der Waals surface area contributed by atoms with Gasteiger partial charge in [-0.2, -0.15) is 0 Å². The number of hydrogen-bond acceptors (Lipinski definition) is 2. The maximum absolute atomic E-state index is 5.60. The quantitative estimate of drug-likeness (QED) is 0.821. The summed E-state index contributed by atoms with van der Waals surface area (Å²) in [7, 11) is 0. The molecule has 1 aromatic carbocycles. The van der Waals surface area contributed by atoms with Crippen molar-refractivity contribution < 1.29 is 0 Å². The molecule has 78 valence electrons. The van der Waals surface area contributed by atoms with Gasteiger partial charge in [-0.15, -0.1) is 0 Å². The maximum atomic E-state index is 5.60. The largest absolute Gasteiger partial charge is 0.329 e. The lowest BCUT2D eigenvalue weighted by Gasteiger charge is -2.08. The van der Waals surface area contributed by atoms with Crippen LogP contribution in [0.2, 0.25) is 0 Å². The molecule has 1 heterocycles. The lowest BCUT2D eigenvalue weighted by molar-refractivity contribution is 0.721. The minimum absolute atomic E-state index is 0.485. The van der Waals surface area contributed by atoms with Crippen LogP contribution in [0, 0.1) is 6.92 Å². The summed E-state index contributed by atoms with van der Waals surface area (Å²) in [5.41, 5.74) is 8.21. The molecule has 0 amide bonds. The average Bonchev–Trinajstić information content (AvgIpc) is 2.69. The highest BCUT2D eigenvalue weighted by molar-refractivity contribution is 5.26. The lowest BCUT2D eigenvalue weighted by Crippen LogP contribution is -2.09. The number of nitrogens with two attached hydrogens (primary N) is 1. The second kappa shape index (κ2) is 4.28. The van der Waals surface area contributed by atoms with Crippen molar-refractivity contribution >= 4 is 0 Å². The summed E-state index contributed by atoms with van der Waals surface area (Å²) in [5, 5.41) is 0. The Morgan fingerprint density at radius 2 is 2.13 bits per heavy atom. The molecule has 0 aliphatic carbocycles. The number of aryl methyl sites for hydroxylation is 1. The number of hydrogen-bond donors (Lipinski definition) is 1. The van der Waals surface area contributed by atoms with E-state index in [1.807, 2.05) is 6.20 Å². The van der Waals surface area contributed by atoms with Gasteiger partial charge in [0, 0.05) is 18.9 Å². The fourth-order valence-corrected chi connectivity index (χ4v) is 1.64. The third-order valence-electron chi connectivity index (χ3n) is 2.59. The van der Waals surface area contributed by atoms with Crippen molar-refractivity contribution in [2.75, 3.05) is 0 Å². The van der Waals surface area contributed by atoms with Gasteiger partial charge >= 0.3 is 0 Å². The molecule has 0 fully saturated rings. The fraction of sp³-hybridized carbons (Fsp3) is 0.250. The van der Waals surface area contributed by atoms with Crippen LogP contribution in [0.25, 0.3) is 0 Å². The summed E-state index contributed by atoms with van der Waals surface area (Å²) in [5.74, 6) is 0.929. The Hall–Kier alpha value is -1.61. The van der Waals surface area contributed by atoms with Gasteiger partial charge in [-0.3, -0.25) is 0 Å². The topological polar surface area (TPSA) is 43.8 Å². The van der Waals surface area contributed by atoms with Crippen LogP contribution in [-0.4, -0.2) is 9.55 Å². The zero-order valence-corrected chi connectivity index (χ0v) is 8.85. The Kier molecular flexibility index (Phi) is 2.83. The fourth-order valence-electron chi connectivity index (χ4n) is 1.64. The van der Waals surface area contributed by atoms with Gasteiger partial charge in [0.25, 0.3) is 0 Å². The highest BCUT2D eigenvalue weighted by Gasteiger charge is 2.02. The van der Waals surface area contributed by atoms with Gasteiger partial charge < -0.3 is 10.3 Å². The first-order chi connectivity index (χ1) is 7.31. The van der Waals surface area contributed by atoms with Gasteiger partial charge in [0.15, 0.2) is 0 Å². The monoisotopic (exact) mass is 201 g/mol. The Balaban J connectivity index is 2.26. The third kappa shape index (κ3) is 2.07. The van der Waals surface area contributed by atoms with Crippen molar-refractivity contribution in [3.8, 4) is 0 Å². The van der Waals surface area contributed by atoms with E-state index >= 15 is 0 Å². The molecule has 0 unspecified atom stereocenters. The zero-order chi connectivity index (χ0) is 10.7. The van der Waals surface area contributed by atoms with Gasteiger partial charge in [0.1, 0.15) is 5.82 Å². The second-order valence-corrected chi connectivity index (χ2v) is 3.60. The molecule has 2 N–H and O–H groups in total. The first kappa shape index (κ1) is 9.93. The number of benzene rings is 1. The van der Waals surface area contributed by atoms with Crippen molar-refractivity contribution in [2.24, 2.45) is 5.73 Å². The van der Waals surface area contributed by atoms with Gasteiger partial charge in [0.05, 0.1) is 6.54 Å². The molecular formula is C12H15N3.